The number of thiazole rings is 1. The molecule has 282 valence electrons. The molecular formula is C41H55N3O7S. The number of hydrogen-bond donors (Lipinski definition) is 1. The maximum absolute atomic E-state index is 14.2. The largest absolute Gasteiger partial charge is 0.469 e. The van der Waals surface area contributed by atoms with Gasteiger partial charge >= 0.3 is 11.9 Å². The third kappa shape index (κ3) is 12.7. The van der Waals surface area contributed by atoms with Gasteiger partial charge in [-0.15, -0.1) is 11.3 Å². The molecule has 0 saturated heterocycles. The van der Waals surface area contributed by atoms with Gasteiger partial charge in [0.1, 0.15) is 16.5 Å². The maximum Gasteiger partial charge on any atom is 0.308 e. The minimum absolute atomic E-state index is 0.0106. The fourth-order valence-corrected chi connectivity index (χ4v) is 7.33. The highest BCUT2D eigenvalue weighted by Gasteiger charge is 2.36. The molecule has 1 heterocycles. The van der Waals surface area contributed by atoms with Gasteiger partial charge in [-0.05, 0) is 35.8 Å². The number of Topliss-reactive ketones (excluding diaryl/α,β-unsaturated/α-hetero) is 1. The van der Waals surface area contributed by atoms with Gasteiger partial charge in [-0.3, -0.25) is 24.0 Å². The quantitative estimate of drug-likeness (QED) is 0.123. The van der Waals surface area contributed by atoms with Crippen molar-refractivity contribution in [2.24, 2.45) is 23.7 Å². The van der Waals surface area contributed by atoms with Crippen LogP contribution in [0.25, 0.3) is 0 Å². The number of rotatable bonds is 20. The molecule has 0 unspecified atom stereocenters. The topological polar surface area (TPSA) is 132 Å². The molecule has 0 spiro atoms. The van der Waals surface area contributed by atoms with Crippen LogP contribution in [0, 0.1) is 23.7 Å². The number of hydrogen-bond acceptors (Lipinski definition) is 9. The molecule has 0 aliphatic heterocycles. The Morgan fingerprint density at radius 3 is 2.08 bits per heavy atom. The van der Waals surface area contributed by atoms with E-state index in [2.05, 4.69) is 10.3 Å². The molecule has 11 heteroatoms. The van der Waals surface area contributed by atoms with Crippen LogP contribution in [0.2, 0.25) is 0 Å². The van der Waals surface area contributed by atoms with Gasteiger partial charge in [0.25, 0.3) is 5.91 Å². The van der Waals surface area contributed by atoms with Crippen LogP contribution in [-0.4, -0.2) is 65.7 Å². The van der Waals surface area contributed by atoms with Gasteiger partial charge in [0.15, 0.2) is 6.10 Å². The fourth-order valence-electron chi connectivity index (χ4n) is 6.49. The Morgan fingerprint density at radius 2 is 1.52 bits per heavy atom. The number of ketones is 1. The van der Waals surface area contributed by atoms with Crippen molar-refractivity contribution >= 4 is 40.9 Å². The summed E-state index contributed by atoms with van der Waals surface area (Å²) in [6.45, 7) is 11.1. The average molecular weight is 734 g/mol. The molecule has 6 atom stereocenters. The van der Waals surface area contributed by atoms with Crippen molar-refractivity contribution in [3.63, 3.8) is 0 Å². The number of nitrogens with zero attached hydrogens (tertiary/aromatic N) is 2. The zero-order chi connectivity index (χ0) is 38.4. The van der Waals surface area contributed by atoms with Crippen LogP contribution in [-0.2, 0) is 41.5 Å². The van der Waals surface area contributed by atoms with Gasteiger partial charge in [-0.25, -0.2) is 4.98 Å². The summed E-state index contributed by atoms with van der Waals surface area (Å²) in [4.78, 5) is 71.8. The Labute approximate surface area is 312 Å². The number of benzene rings is 2. The second kappa shape index (κ2) is 20.6. The van der Waals surface area contributed by atoms with Gasteiger partial charge in [0.2, 0.25) is 5.91 Å². The van der Waals surface area contributed by atoms with E-state index in [1.165, 1.54) is 25.4 Å². The van der Waals surface area contributed by atoms with Crippen molar-refractivity contribution in [2.45, 2.75) is 98.3 Å². The lowest BCUT2D eigenvalue weighted by molar-refractivity contribution is -0.149. The highest BCUT2D eigenvalue weighted by molar-refractivity contribution is 7.09. The first-order valence-electron chi connectivity index (χ1n) is 18.1. The van der Waals surface area contributed by atoms with Crippen LogP contribution in [0.5, 0.6) is 0 Å². The summed E-state index contributed by atoms with van der Waals surface area (Å²) in [5.41, 5.74) is 2.09. The lowest BCUT2D eigenvalue weighted by Gasteiger charge is -2.36. The van der Waals surface area contributed by atoms with E-state index < -0.39 is 29.8 Å². The molecule has 3 rings (SSSR count). The normalized spacial score (nSPS) is 14.7. The van der Waals surface area contributed by atoms with Crippen molar-refractivity contribution in [2.75, 3.05) is 14.2 Å². The van der Waals surface area contributed by atoms with E-state index in [-0.39, 0.29) is 66.5 Å². The summed E-state index contributed by atoms with van der Waals surface area (Å²) in [5, 5.41) is 5.11. The van der Waals surface area contributed by atoms with Crippen LogP contribution in [0.4, 0.5) is 0 Å². The number of aromatic nitrogens is 1. The second-order valence-electron chi connectivity index (χ2n) is 14.1. The molecule has 0 aliphatic carbocycles. The molecule has 10 nitrogen and oxygen atoms in total. The minimum Gasteiger partial charge on any atom is -0.469 e. The predicted octanol–water partition coefficient (Wildman–Crippen LogP) is 7.02. The van der Waals surface area contributed by atoms with Gasteiger partial charge < -0.3 is 19.7 Å². The van der Waals surface area contributed by atoms with E-state index in [9.17, 15) is 24.0 Å². The number of esters is 2. The molecular weight excluding hydrogens is 679 g/mol. The first kappa shape index (κ1) is 42.0. The molecule has 3 aromatic rings. The molecule has 2 amide bonds. The first-order valence-corrected chi connectivity index (χ1v) is 19.0. The summed E-state index contributed by atoms with van der Waals surface area (Å²) in [5.74, 6) is -2.37. The summed E-state index contributed by atoms with van der Waals surface area (Å²) < 4.78 is 10.7. The maximum atomic E-state index is 14.2. The van der Waals surface area contributed by atoms with Crippen LogP contribution >= 0.6 is 11.3 Å². The summed E-state index contributed by atoms with van der Waals surface area (Å²) in [6.07, 6.45) is 1.46. The number of nitrogens with one attached hydrogen (secondary N) is 1. The molecule has 0 fully saturated rings. The Morgan fingerprint density at radius 1 is 0.904 bits per heavy atom. The highest BCUT2D eigenvalue weighted by Crippen LogP contribution is 2.32. The zero-order valence-electron chi connectivity index (χ0n) is 31.8. The lowest BCUT2D eigenvalue weighted by atomic mass is 9.84. The molecule has 2 aromatic carbocycles. The molecule has 1 aromatic heterocycles. The molecule has 1 N–H and O–H groups in total. The van der Waals surface area contributed by atoms with Crippen molar-refractivity contribution < 1.29 is 33.4 Å². The number of amides is 2. The SMILES string of the molecule is CC[C@H](C)[C@H](CC(=O)Cc1ccccc1)C(=O)N(C)[C@H](C[C@@H](OC(C)=O)c1nc(C(=O)N[C@@H](Cc2ccccc2)C[C@H](C)C(=O)OC)cs1)C(C)C. The summed E-state index contributed by atoms with van der Waals surface area (Å²) in [6, 6.07) is 18.5. The third-order valence-electron chi connectivity index (χ3n) is 9.65. The fraction of sp³-hybridized carbons (Fsp3) is 0.512. The smallest absolute Gasteiger partial charge is 0.308 e. The van der Waals surface area contributed by atoms with Gasteiger partial charge in [0.05, 0.1) is 13.0 Å². The van der Waals surface area contributed by atoms with E-state index in [0.717, 1.165) is 17.5 Å². The number of carbonyl (C=O) groups is 5. The number of carbonyl (C=O) groups excluding carboxylic acids is 5. The van der Waals surface area contributed by atoms with Crippen LogP contribution in [0.3, 0.4) is 0 Å². The number of methoxy groups -OCH3 is 1. The molecule has 0 saturated carbocycles. The van der Waals surface area contributed by atoms with Gasteiger partial charge in [0, 0.05) is 56.6 Å². The van der Waals surface area contributed by atoms with Crippen LogP contribution in [0.1, 0.15) is 100.0 Å². The van der Waals surface area contributed by atoms with E-state index in [1.807, 2.05) is 88.4 Å². The molecule has 0 aliphatic rings. The van der Waals surface area contributed by atoms with Crippen molar-refractivity contribution in [3.8, 4) is 0 Å². The predicted molar refractivity (Wildman–Crippen MR) is 203 cm³/mol. The lowest BCUT2D eigenvalue weighted by Crippen LogP contribution is -2.46. The Kier molecular flexibility index (Phi) is 16.7. The monoisotopic (exact) mass is 733 g/mol. The van der Waals surface area contributed by atoms with E-state index in [0.29, 0.717) is 17.8 Å². The van der Waals surface area contributed by atoms with Crippen LogP contribution < -0.4 is 5.32 Å². The average Bonchev–Trinajstić information content (AvgIpc) is 3.62. The highest BCUT2D eigenvalue weighted by atomic mass is 32.1. The Bertz CT molecular complexity index is 1610. The summed E-state index contributed by atoms with van der Waals surface area (Å²) >= 11 is 1.21. The van der Waals surface area contributed by atoms with E-state index in [1.54, 1.807) is 24.3 Å². The van der Waals surface area contributed by atoms with Gasteiger partial charge in [-0.1, -0.05) is 102 Å². The number of ether oxygens (including phenoxy) is 2. The second-order valence-corrected chi connectivity index (χ2v) is 15.0. The van der Waals surface area contributed by atoms with E-state index in [4.69, 9.17) is 9.47 Å². The Hall–Kier alpha value is -4.38. The van der Waals surface area contributed by atoms with Gasteiger partial charge in [-0.2, -0.15) is 0 Å². The molecule has 52 heavy (non-hydrogen) atoms. The van der Waals surface area contributed by atoms with Crippen LogP contribution in [0.15, 0.2) is 66.0 Å². The van der Waals surface area contributed by atoms with E-state index >= 15 is 0 Å². The zero-order valence-corrected chi connectivity index (χ0v) is 32.6. The Balaban J connectivity index is 1.80. The third-order valence-corrected chi connectivity index (χ3v) is 10.6. The minimum atomic E-state index is -0.812. The standard InChI is InChI=1S/C41H55N3O7S/c1-9-27(4)34(23-33(46)22-31-18-14-11-15-19-31)40(48)44(7)36(26(2)3)24-37(51-29(6)45)39-43-35(25-52-39)38(47)42-32(20-28(5)41(49)50-8)21-30-16-12-10-13-17-30/h10-19,25-28,32,34,36-37H,9,20-24H2,1-8H3,(H,42,47)/t27-,28-,32+,34-,36+,37+/m0/s1. The van der Waals surface area contributed by atoms with Crippen molar-refractivity contribution in [1.82, 2.24) is 15.2 Å². The molecule has 0 bridgehead atoms. The van der Waals surface area contributed by atoms with Crippen molar-refractivity contribution in [3.05, 3.63) is 87.9 Å². The van der Waals surface area contributed by atoms with Crippen molar-refractivity contribution in [1.29, 1.82) is 0 Å². The summed E-state index contributed by atoms with van der Waals surface area (Å²) in [7, 11) is 3.09. The molecule has 0 radical (unpaired) electrons. The first-order chi connectivity index (χ1) is 24.7.